The second kappa shape index (κ2) is 3.32. The van der Waals surface area contributed by atoms with E-state index in [1.807, 2.05) is 11.0 Å². The van der Waals surface area contributed by atoms with E-state index in [1.54, 1.807) is 6.33 Å². The fourth-order valence-electron chi connectivity index (χ4n) is 0.600. The number of hydrogen-bond acceptors (Lipinski definition) is 1. The average molecular weight is 253 g/mol. The quantitative estimate of drug-likeness (QED) is 0.469. The van der Waals surface area contributed by atoms with Crippen LogP contribution in [-0.4, -0.2) is 9.78 Å². The van der Waals surface area contributed by atoms with Crippen LogP contribution >= 0.6 is 0 Å². The molecule has 1 aromatic heterocycles. The van der Waals surface area contributed by atoms with Crippen molar-refractivity contribution < 1.29 is 29.0 Å². The molecule has 0 bridgehead atoms. The highest BCUT2D eigenvalue weighted by molar-refractivity contribution is 4.66. The molecule has 0 fully saturated rings. The summed E-state index contributed by atoms with van der Waals surface area (Å²) in [4.78, 5) is 2.89. The normalized spacial score (nSPS) is 10.7. The van der Waals surface area contributed by atoms with E-state index in [0.29, 0.717) is 0 Å². The van der Waals surface area contributed by atoms with E-state index in [4.69, 9.17) is 0 Å². The fourth-order valence-corrected chi connectivity index (χ4v) is 0.600. The van der Waals surface area contributed by atoms with Crippen molar-refractivity contribution in [1.82, 2.24) is 9.78 Å². The van der Waals surface area contributed by atoms with E-state index in [9.17, 15) is 0 Å². The van der Waals surface area contributed by atoms with Gasteiger partial charge in [0.05, 0.1) is 0 Å². The lowest BCUT2D eigenvalue weighted by molar-refractivity contribution is -0.379. The Hall–Kier alpha value is -0.130. The van der Waals surface area contributed by atoms with Crippen LogP contribution in [0.5, 0.6) is 0 Å². The number of rotatable bonds is 0. The van der Waals surface area contributed by atoms with Gasteiger partial charge in [-0.3, -0.25) is 4.98 Å². The topological polar surface area (TPSA) is 32.0 Å². The number of halogens is 1. The van der Waals surface area contributed by atoms with E-state index in [0.717, 1.165) is 0 Å². The van der Waals surface area contributed by atoms with Crippen LogP contribution < -0.4 is 29.0 Å². The summed E-state index contributed by atoms with van der Waals surface area (Å²) in [6.45, 7) is 6.32. The minimum Gasteiger partial charge on any atom is -1.00 e. The van der Waals surface area contributed by atoms with E-state index in [2.05, 4.69) is 30.9 Å². The Bertz CT molecular complexity index is 175. The zero-order valence-electron chi connectivity index (χ0n) is 6.43. The van der Waals surface area contributed by atoms with Crippen LogP contribution in [0.2, 0.25) is 0 Å². The summed E-state index contributed by atoms with van der Waals surface area (Å²) in [5.74, 6) is 0. The van der Waals surface area contributed by atoms with Crippen molar-refractivity contribution in [2.24, 2.45) is 0 Å². The van der Waals surface area contributed by atoms with Crippen LogP contribution in [0.25, 0.3) is 0 Å². The summed E-state index contributed by atoms with van der Waals surface area (Å²) in [5, 5.41) is 4.05. The Morgan fingerprint density at radius 2 is 2.00 bits per heavy atom. The molecule has 1 heterocycles. The molecule has 1 N–H and O–H groups in total. The second-order valence-corrected chi connectivity index (χ2v) is 3.06. The lowest BCUT2D eigenvalue weighted by Crippen LogP contribution is -3.00. The van der Waals surface area contributed by atoms with Gasteiger partial charge in [-0.1, -0.05) is 0 Å². The van der Waals surface area contributed by atoms with Gasteiger partial charge in [-0.2, -0.15) is 0 Å². The Balaban J connectivity index is 0.000000810. The van der Waals surface area contributed by atoms with Crippen molar-refractivity contribution in [2.45, 2.75) is 26.3 Å². The third-order valence-corrected chi connectivity index (χ3v) is 1.14. The molecule has 0 aliphatic rings. The largest absolute Gasteiger partial charge is 1.00 e. The first-order valence-electron chi connectivity index (χ1n) is 3.02. The van der Waals surface area contributed by atoms with Crippen molar-refractivity contribution in [2.75, 3.05) is 0 Å². The number of aromatic amines is 1. The van der Waals surface area contributed by atoms with Crippen LogP contribution in [0.1, 0.15) is 20.8 Å². The molecule has 0 spiro atoms. The molecule has 0 saturated heterocycles. The van der Waals surface area contributed by atoms with Gasteiger partial charge < -0.3 is 24.0 Å². The van der Waals surface area contributed by atoms with Gasteiger partial charge in [0.15, 0.2) is 0 Å². The Kier molecular flexibility index (Phi) is 3.27. The minimum absolute atomic E-state index is 0. The summed E-state index contributed by atoms with van der Waals surface area (Å²) in [5.41, 5.74) is 0.0972. The van der Waals surface area contributed by atoms with Crippen molar-refractivity contribution in [3.8, 4) is 0 Å². The molecular formula is C6H12IN3. The summed E-state index contributed by atoms with van der Waals surface area (Å²) in [6, 6.07) is 0. The van der Waals surface area contributed by atoms with E-state index in [-0.39, 0.29) is 29.5 Å². The molecule has 4 heteroatoms. The van der Waals surface area contributed by atoms with Gasteiger partial charge in [-0.25, -0.2) is 0 Å². The number of H-pyrrole nitrogens is 1. The summed E-state index contributed by atoms with van der Waals surface area (Å²) in [6.07, 6.45) is 3.52. The Morgan fingerprint density at radius 1 is 1.40 bits per heavy atom. The van der Waals surface area contributed by atoms with Gasteiger partial charge in [0, 0.05) is 5.10 Å². The predicted octanol–water partition coefficient (Wildman–Crippen LogP) is -2.54. The van der Waals surface area contributed by atoms with Crippen molar-refractivity contribution in [3.63, 3.8) is 0 Å². The molecule has 0 amide bonds. The first kappa shape index (κ1) is 9.87. The van der Waals surface area contributed by atoms with Crippen LogP contribution in [0.4, 0.5) is 0 Å². The summed E-state index contributed by atoms with van der Waals surface area (Å²) < 4.78 is 1.88. The van der Waals surface area contributed by atoms with Gasteiger partial charge >= 0.3 is 0 Å². The van der Waals surface area contributed by atoms with Crippen molar-refractivity contribution in [3.05, 3.63) is 12.7 Å². The summed E-state index contributed by atoms with van der Waals surface area (Å²) >= 11 is 0. The third-order valence-electron chi connectivity index (χ3n) is 1.14. The molecule has 0 radical (unpaired) electrons. The molecule has 1 rings (SSSR count). The molecule has 58 valence electrons. The number of aromatic nitrogens is 3. The maximum absolute atomic E-state index is 4.05. The third kappa shape index (κ3) is 2.24. The number of nitrogens with zero attached hydrogens (tertiary/aromatic N) is 2. The number of hydrogen-bond donors (Lipinski definition) is 0. The van der Waals surface area contributed by atoms with E-state index in [1.165, 1.54) is 0 Å². The van der Waals surface area contributed by atoms with Crippen molar-refractivity contribution >= 4 is 0 Å². The van der Waals surface area contributed by atoms with Crippen LogP contribution in [0.15, 0.2) is 12.7 Å². The highest BCUT2D eigenvalue weighted by atomic mass is 127. The standard InChI is InChI=1S/C6H11N3.HI/c1-6(2,3)9-5-7-4-8-9;/h4-5H,1-3H3;1H. The van der Waals surface area contributed by atoms with Crippen LogP contribution in [0.3, 0.4) is 0 Å². The molecule has 0 saturated carbocycles. The molecule has 10 heavy (non-hydrogen) atoms. The SMILES string of the molecule is CC(C)(C)n1c[nH+]cn1.[I-]. The number of nitrogens with one attached hydrogen (secondary N) is 1. The Morgan fingerprint density at radius 3 is 2.20 bits per heavy atom. The Labute approximate surface area is 77.9 Å². The van der Waals surface area contributed by atoms with Gasteiger partial charge in [-0.05, 0) is 20.8 Å². The maximum Gasteiger partial charge on any atom is 0.262 e. The smallest absolute Gasteiger partial charge is 0.262 e. The first-order valence-corrected chi connectivity index (χ1v) is 3.02. The maximum atomic E-state index is 4.05. The molecule has 0 aliphatic heterocycles. The first-order chi connectivity index (χ1) is 4.11. The molecule has 3 nitrogen and oxygen atoms in total. The van der Waals surface area contributed by atoms with Crippen molar-refractivity contribution in [1.29, 1.82) is 0 Å². The van der Waals surface area contributed by atoms with Crippen LogP contribution in [0, 0.1) is 0 Å². The molecule has 0 aromatic carbocycles. The zero-order valence-corrected chi connectivity index (χ0v) is 8.58. The zero-order chi connectivity index (χ0) is 6.91. The van der Waals surface area contributed by atoms with Crippen LogP contribution in [-0.2, 0) is 5.54 Å². The minimum atomic E-state index is 0. The molecule has 1 aromatic rings. The highest BCUT2D eigenvalue weighted by Gasteiger charge is 2.18. The van der Waals surface area contributed by atoms with Gasteiger partial charge in [0.2, 0.25) is 6.33 Å². The van der Waals surface area contributed by atoms with E-state index >= 15 is 0 Å². The van der Waals surface area contributed by atoms with Gasteiger partial charge in [0.1, 0.15) is 5.54 Å². The second-order valence-electron chi connectivity index (χ2n) is 3.06. The summed E-state index contributed by atoms with van der Waals surface area (Å²) in [7, 11) is 0. The van der Waals surface area contributed by atoms with E-state index < -0.39 is 0 Å². The monoisotopic (exact) mass is 253 g/mol. The molecule has 0 atom stereocenters. The molecular weight excluding hydrogens is 241 g/mol. The lowest BCUT2D eigenvalue weighted by Gasteiger charge is -2.09. The van der Waals surface area contributed by atoms with Gasteiger partial charge in [-0.15, -0.1) is 4.68 Å². The molecule has 0 unspecified atom stereocenters. The predicted molar refractivity (Wildman–Crippen MR) is 33.8 cm³/mol. The highest BCUT2D eigenvalue weighted by Crippen LogP contribution is 2.08. The average Bonchev–Trinajstić information content (AvgIpc) is 2.08. The lowest BCUT2D eigenvalue weighted by atomic mass is 10.1. The fraction of sp³-hybridized carbons (Fsp3) is 0.667. The van der Waals surface area contributed by atoms with Gasteiger partial charge in [0.25, 0.3) is 6.33 Å². The molecule has 0 aliphatic carbocycles.